The molecule has 0 bridgehead atoms. The van der Waals surface area contributed by atoms with Crippen molar-refractivity contribution >= 4 is 12.0 Å². The summed E-state index contributed by atoms with van der Waals surface area (Å²) in [5.74, 6) is -1.05. The summed E-state index contributed by atoms with van der Waals surface area (Å²) in [6.07, 6.45) is 3.94. The summed E-state index contributed by atoms with van der Waals surface area (Å²) in [6, 6.07) is -1.38. The molecule has 0 aromatic carbocycles. The normalized spacial score (nSPS) is 18.8. The first kappa shape index (κ1) is 17.7. The number of rotatable bonds is 8. The van der Waals surface area contributed by atoms with E-state index >= 15 is 0 Å². The zero-order valence-corrected chi connectivity index (χ0v) is 12.9. The van der Waals surface area contributed by atoms with Gasteiger partial charge in [0.15, 0.2) is 0 Å². The topological polar surface area (TPSA) is 90.9 Å². The van der Waals surface area contributed by atoms with Gasteiger partial charge in [0.05, 0.1) is 0 Å². The zero-order chi connectivity index (χ0) is 15.7. The van der Waals surface area contributed by atoms with Crippen LogP contribution in [-0.2, 0) is 9.53 Å². The van der Waals surface area contributed by atoms with E-state index in [4.69, 9.17) is 9.84 Å². The first-order valence-corrected chi connectivity index (χ1v) is 7.54. The van der Waals surface area contributed by atoms with Crippen LogP contribution in [0.1, 0.15) is 32.6 Å². The van der Waals surface area contributed by atoms with Crippen LogP contribution in [0.25, 0.3) is 0 Å². The fourth-order valence-electron chi connectivity index (χ4n) is 2.49. The Morgan fingerprint density at radius 1 is 1.24 bits per heavy atom. The van der Waals surface area contributed by atoms with Crippen molar-refractivity contribution in [3.8, 4) is 0 Å². The minimum absolute atomic E-state index is 0.0139. The molecule has 1 aliphatic heterocycles. The lowest BCUT2D eigenvalue weighted by Gasteiger charge is -2.29. The molecule has 7 heteroatoms. The number of nitrogens with one attached hydrogen (secondary N) is 2. The van der Waals surface area contributed by atoms with Gasteiger partial charge >= 0.3 is 12.0 Å². The molecule has 1 saturated heterocycles. The van der Waals surface area contributed by atoms with Crippen LogP contribution in [0.4, 0.5) is 4.79 Å². The number of nitrogens with zero attached hydrogens (tertiary/aromatic N) is 1. The Hall–Kier alpha value is -1.34. The lowest BCUT2D eigenvalue weighted by molar-refractivity contribution is -0.139. The maximum atomic E-state index is 11.8. The fraction of sp³-hybridized carbons (Fsp3) is 0.857. The number of carboxylic acids is 1. The van der Waals surface area contributed by atoms with Gasteiger partial charge in [-0.25, -0.2) is 9.59 Å². The molecule has 1 fully saturated rings. The van der Waals surface area contributed by atoms with Gasteiger partial charge in [0, 0.05) is 32.7 Å². The number of likely N-dealkylation sites (tertiary alicyclic amines) is 1. The summed E-state index contributed by atoms with van der Waals surface area (Å²) in [5, 5.41) is 14.3. The van der Waals surface area contributed by atoms with Crippen LogP contribution >= 0.6 is 0 Å². The minimum atomic E-state index is -1.05. The largest absolute Gasteiger partial charge is 0.480 e. The highest BCUT2D eigenvalue weighted by Gasteiger charge is 2.21. The van der Waals surface area contributed by atoms with E-state index in [1.54, 1.807) is 0 Å². The zero-order valence-electron chi connectivity index (χ0n) is 12.9. The number of carbonyl (C=O) groups excluding carboxylic acids is 1. The van der Waals surface area contributed by atoms with Crippen molar-refractivity contribution in [3.05, 3.63) is 0 Å². The number of carboxylic acid groups (broad SMARTS) is 1. The van der Waals surface area contributed by atoms with E-state index in [-0.39, 0.29) is 12.5 Å². The van der Waals surface area contributed by atoms with Gasteiger partial charge in [-0.05, 0) is 32.9 Å². The monoisotopic (exact) mass is 301 g/mol. The standard InChI is InChI=1S/C14H27N3O4/c1-11(10-17-7-4-3-5-8-17)15-14(20)16-12(13(18)19)6-9-21-2/h11-12H,3-10H2,1-2H3,(H,18,19)(H2,15,16,20). The molecule has 21 heavy (non-hydrogen) atoms. The van der Waals surface area contributed by atoms with E-state index < -0.39 is 18.0 Å². The van der Waals surface area contributed by atoms with Crippen LogP contribution < -0.4 is 10.6 Å². The maximum absolute atomic E-state index is 11.8. The molecule has 3 N–H and O–H groups in total. The second kappa shape index (κ2) is 9.57. The van der Waals surface area contributed by atoms with Crippen molar-refractivity contribution < 1.29 is 19.4 Å². The number of ether oxygens (including phenoxy) is 1. The molecule has 0 aliphatic carbocycles. The lowest BCUT2D eigenvalue weighted by Crippen LogP contribution is -2.51. The van der Waals surface area contributed by atoms with Gasteiger partial charge in [-0.1, -0.05) is 6.42 Å². The molecule has 1 aliphatic rings. The van der Waals surface area contributed by atoms with E-state index in [1.807, 2.05) is 6.92 Å². The summed E-state index contributed by atoms with van der Waals surface area (Å²) in [7, 11) is 1.50. The van der Waals surface area contributed by atoms with Crippen LogP contribution in [0.2, 0.25) is 0 Å². The summed E-state index contributed by atoms with van der Waals surface area (Å²) in [4.78, 5) is 25.2. The van der Waals surface area contributed by atoms with Gasteiger partial charge in [0.1, 0.15) is 6.04 Å². The third-order valence-corrected chi connectivity index (χ3v) is 3.57. The van der Waals surface area contributed by atoms with Crippen LogP contribution in [-0.4, -0.2) is 67.4 Å². The molecule has 7 nitrogen and oxygen atoms in total. The van der Waals surface area contributed by atoms with Crippen LogP contribution in [0.5, 0.6) is 0 Å². The molecule has 0 aromatic rings. The van der Waals surface area contributed by atoms with Crippen molar-refractivity contribution in [3.63, 3.8) is 0 Å². The maximum Gasteiger partial charge on any atom is 0.326 e. The smallest absolute Gasteiger partial charge is 0.326 e. The number of hydrogen-bond donors (Lipinski definition) is 3. The van der Waals surface area contributed by atoms with E-state index in [1.165, 1.54) is 26.4 Å². The second-order valence-corrected chi connectivity index (χ2v) is 5.55. The van der Waals surface area contributed by atoms with Gasteiger partial charge in [-0.2, -0.15) is 0 Å². The van der Waals surface area contributed by atoms with E-state index in [0.717, 1.165) is 19.6 Å². The Morgan fingerprint density at radius 3 is 2.48 bits per heavy atom. The highest BCUT2D eigenvalue weighted by molar-refractivity contribution is 5.82. The first-order valence-electron chi connectivity index (χ1n) is 7.54. The molecular weight excluding hydrogens is 274 g/mol. The van der Waals surface area contributed by atoms with Crippen LogP contribution in [0, 0.1) is 0 Å². The number of aliphatic carboxylic acids is 1. The van der Waals surface area contributed by atoms with Gasteiger partial charge in [0.25, 0.3) is 0 Å². The van der Waals surface area contributed by atoms with Gasteiger partial charge in [-0.3, -0.25) is 0 Å². The Labute approximate surface area is 126 Å². The SMILES string of the molecule is COCCC(NC(=O)NC(C)CN1CCCCC1)C(=O)O. The molecule has 0 aromatic heterocycles. The molecule has 2 unspecified atom stereocenters. The number of carbonyl (C=O) groups is 2. The average Bonchev–Trinajstić information content (AvgIpc) is 2.44. The van der Waals surface area contributed by atoms with Gasteiger partial charge < -0.3 is 25.4 Å². The molecule has 122 valence electrons. The number of hydrogen-bond acceptors (Lipinski definition) is 4. The van der Waals surface area contributed by atoms with E-state index in [2.05, 4.69) is 15.5 Å². The number of piperidine rings is 1. The van der Waals surface area contributed by atoms with Gasteiger partial charge in [-0.15, -0.1) is 0 Å². The summed E-state index contributed by atoms with van der Waals surface area (Å²) in [5.41, 5.74) is 0. The molecule has 1 rings (SSSR count). The van der Waals surface area contributed by atoms with Crippen molar-refractivity contribution in [2.45, 2.75) is 44.7 Å². The molecule has 2 amide bonds. The Morgan fingerprint density at radius 2 is 1.90 bits per heavy atom. The first-order chi connectivity index (χ1) is 10.0. The highest BCUT2D eigenvalue weighted by atomic mass is 16.5. The summed E-state index contributed by atoms with van der Waals surface area (Å²) >= 11 is 0. The van der Waals surface area contributed by atoms with Crippen molar-refractivity contribution in [1.82, 2.24) is 15.5 Å². The average molecular weight is 301 g/mol. The second-order valence-electron chi connectivity index (χ2n) is 5.55. The molecular formula is C14H27N3O4. The van der Waals surface area contributed by atoms with Gasteiger partial charge in [0.2, 0.25) is 0 Å². The molecule has 0 spiro atoms. The van der Waals surface area contributed by atoms with E-state index in [9.17, 15) is 9.59 Å². The Balaban J connectivity index is 2.31. The van der Waals surface area contributed by atoms with Crippen LogP contribution in [0.3, 0.4) is 0 Å². The third-order valence-electron chi connectivity index (χ3n) is 3.57. The van der Waals surface area contributed by atoms with E-state index in [0.29, 0.717) is 6.61 Å². The Kier molecular flexibility index (Phi) is 8.07. The molecule has 1 heterocycles. The highest BCUT2D eigenvalue weighted by Crippen LogP contribution is 2.08. The van der Waals surface area contributed by atoms with Crippen molar-refractivity contribution in [1.29, 1.82) is 0 Å². The predicted octanol–water partition coefficient (Wildman–Crippen LogP) is 0.650. The predicted molar refractivity (Wildman–Crippen MR) is 79.3 cm³/mol. The number of methoxy groups -OCH3 is 1. The third kappa shape index (κ3) is 7.29. The number of amides is 2. The quantitative estimate of drug-likeness (QED) is 0.612. The Bertz CT molecular complexity index is 332. The number of urea groups is 1. The summed E-state index contributed by atoms with van der Waals surface area (Å²) < 4.78 is 4.84. The van der Waals surface area contributed by atoms with Crippen molar-refractivity contribution in [2.24, 2.45) is 0 Å². The van der Waals surface area contributed by atoms with Crippen molar-refractivity contribution in [2.75, 3.05) is 33.4 Å². The minimum Gasteiger partial charge on any atom is -0.480 e. The van der Waals surface area contributed by atoms with Crippen LogP contribution in [0.15, 0.2) is 0 Å². The molecule has 2 atom stereocenters. The fourth-order valence-corrected chi connectivity index (χ4v) is 2.49. The lowest BCUT2D eigenvalue weighted by atomic mass is 10.1. The molecule has 0 saturated carbocycles. The molecule has 0 radical (unpaired) electrons. The summed E-state index contributed by atoms with van der Waals surface area (Å²) in [6.45, 7) is 5.15.